The zero-order valence-corrected chi connectivity index (χ0v) is 10.9. The van der Waals surface area contributed by atoms with Gasteiger partial charge in [0.2, 0.25) is 0 Å². The molecule has 0 saturated heterocycles. The highest BCUT2D eigenvalue weighted by Crippen LogP contribution is 2.19. The second kappa shape index (κ2) is 7.09. The number of aldehydes is 2. The number of hydrogen-bond donors (Lipinski definition) is 0. The highest BCUT2D eigenvalue weighted by Gasteiger charge is 1.95. The van der Waals surface area contributed by atoms with Gasteiger partial charge in [-0.3, -0.25) is 0 Å². The first-order valence-electron chi connectivity index (χ1n) is 6.28. The van der Waals surface area contributed by atoms with E-state index in [1.54, 1.807) is 0 Å². The Balaban J connectivity index is 2.04. The van der Waals surface area contributed by atoms with E-state index in [-0.39, 0.29) is 0 Å². The molecule has 0 aliphatic carbocycles. The first kappa shape index (κ1) is 13.8. The Morgan fingerprint density at radius 3 is 1.30 bits per heavy atom. The maximum Gasteiger partial charge on any atom is 0.124 e. The van der Waals surface area contributed by atoms with Crippen molar-refractivity contribution >= 4 is 23.9 Å². The molecule has 0 aromatic heterocycles. The number of nitrogens with zero attached hydrogens (tertiary/aromatic N) is 2. The normalized spacial score (nSPS) is 10.6. The minimum atomic E-state index is 0.412. The molecule has 20 heavy (non-hydrogen) atoms. The summed E-state index contributed by atoms with van der Waals surface area (Å²) in [5.41, 5.74) is 3.38. The van der Waals surface area contributed by atoms with E-state index in [0.29, 0.717) is 12.8 Å². The van der Waals surface area contributed by atoms with E-state index in [1.807, 2.05) is 48.5 Å². The maximum atomic E-state index is 10.4. The number of carbonyl (C=O) groups excluding carboxylic acids is 2. The van der Waals surface area contributed by atoms with E-state index in [9.17, 15) is 9.59 Å². The van der Waals surface area contributed by atoms with Crippen LogP contribution in [-0.2, 0) is 22.4 Å². The van der Waals surface area contributed by atoms with Crippen LogP contribution in [0.25, 0.3) is 0 Å². The summed E-state index contributed by atoms with van der Waals surface area (Å²) in [6, 6.07) is 14.7. The molecule has 0 aliphatic rings. The van der Waals surface area contributed by atoms with Crippen molar-refractivity contribution < 1.29 is 9.59 Å². The third-order valence-corrected chi connectivity index (χ3v) is 2.79. The average molecular weight is 266 g/mol. The summed E-state index contributed by atoms with van der Waals surface area (Å²) in [4.78, 5) is 20.8. The molecule has 2 rings (SSSR count). The lowest BCUT2D eigenvalue weighted by molar-refractivity contribution is -0.108. The lowest BCUT2D eigenvalue weighted by atomic mass is 10.1. The Hall–Kier alpha value is -2.62. The molecule has 0 N–H and O–H groups in total. The van der Waals surface area contributed by atoms with Gasteiger partial charge < -0.3 is 9.59 Å². The number of hydrogen-bond acceptors (Lipinski definition) is 4. The van der Waals surface area contributed by atoms with Gasteiger partial charge >= 0.3 is 0 Å². The van der Waals surface area contributed by atoms with Gasteiger partial charge in [-0.25, -0.2) is 0 Å². The van der Waals surface area contributed by atoms with Crippen LogP contribution in [-0.4, -0.2) is 12.6 Å². The summed E-state index contributed by atoms with van der Waals surface area (Å²) in [5.74, 6) is 0. The molecular formula is C16H14N2O2. The van der Waals surface area contributed by atoms with E-state index < -0.39 is 0 Å². The van der Waals surface area contributed by atoms with Gasteiger partial charge in [-0.1, -0.05) is 24.3 Å². The summed E-state index contributed by atoms with van der Waals surface area (Å²) in [6.07, 6.45) is 2.57. The lowest BCUT2D eigenvalue weighted by Gasteiger charge is -1.97. The fraction of sp³-hybridized carbons (Fsp3) is 0.125. The van der Waals surface area contributed by atoms with E-state index in [2.05, 4.69) is 10.2 Å². The molecule has 0 radical (unpaired) electrons. The van der Waals surface area contributed by atoms with Gasteiger partial charge in [0.1, 0.15) is 12.6 Å². The van der Waals surface area contributed by atoms with Crippen LogP contribution in [0.2, 0.25) is 0 Å². The molecule has 0 atom stereocenters. The van der Waals surface area contributed by atoms with Crippen molar-refractivity contribution in [3.63, 3.8) is 0 Å². The van der Waals surface area contributed by atoms with E-state index >= 15 is 0 Å². The van der Waals surface area contributed by atoms with Crippen LogP contribution in [0.1, 0.15) is 11.1 Å². The SMILES string of the molecule is O=CCc1ccc(N=Nc2ccc(CC=O)cc2)cc1. The number of carbonyl (C=O) groups is 2. The molecule has 2 aromatic rings. The van der Waals surface area contributed by atoms with E-state index in [0.717, 1.165) is 35.1 Å². The molecule has 4 heteroatoms. The van der Waals surface area contributed by atoms with Crippen LogP contribution in [0.4, 0.5) is 11.4 Å². The molecule has 0 aliphatic heterocycles. The van der Waals surface area contributed by atoms with Gasteiger partial charge in [0.25, 0.3) is 0 Å². The second-order valence-corrected chi connectivity index (χ2v) is 4.27. The number of rotatable bonds is 6. The van der Waals surface area contributed by atoms with Crippen molar-refractivity contribution in [2.75, 3.05) is 0 Å². The van der Waals surface area contributed by atoms with Gasteiger partial charge in [-0.15, -0.1) is 0 Å². The number of benzene rings is 2. The van der Waals surface area contributed by atoms with Crippen LogP contribution in [0.15, 0.2) is 58.8 Å². The van der Waals surface area contributed by atoms with Gasteiger partial charge in [0.05, 0.1) is 11.4 Å². The molecule has 2 aromatic carbocycles. The van der Waals surface area contributed by atoms with Gasteiger partial charge in [-0.05, 0) is 35.4 Å². The summed E-state index contributed by atoms with van der Waals surface area (Å²) in [5, 5.41) is 8.24. The Morgan fingerprint density at radius 1 is 0.650 bits per heavy atom. The monoisotopic (exact) mass is 266 g/mol. The summed E-state index contributed by atoms with van der Waals surface area (Å²) in [7, 11) is 0. The molecule has 0 saturated carbocycles. The molecule has 0 amide bonds. The predicted molar refractivity (Wildman–Crippen MR) is 76.6 cm³/mol. The first-order chi connectivity index (χ1) is 9.81. The van der Waals surface area contributed by atoms with E-state index in [4.69, 9.17) is 0 Å². The van der Waals surface area contributed by atoms with Crippen LogP contribution in [0, 0.1) is 0 Å². The van der Waals surface area contributed by atoms with Crippen LogP contribution in [0.3, 0.4) is 0 Å². The molecule has 0 heterocycles. The van der Waals surface area contributed by atoms with Crippen molar-refractivity contribution in [1.82, 2.24) is 0 Å². The fourth-order valence-corrected chi connectivity index (χ4v) is 1.71. The Morgan fingerprint density at radius 2 is 1.00 bits per heavy atom. The predicted octanol–water partition coefficient (Wildman–Crippen LogP) is 3.58. The summed E-state index contributed by atoms with van der Waals surface area (Å²) in [6.45, 7) is 0. The highest BCUT2D eigenvalue weighted by atomic mass is 16.1. The van der Waals surface area contributed by atoms with Gasteiger partial charge in [0.15, 0.2) is 0 Å². The van der Waals surface area contributed by atoms with Crippen LogP contribution < -0.4 is 0 Å². The standard InChI is InChI=1S/C16H14N2O2/c19-11-9-13-1-5-15(6-2-13)17-18-16-7-3-14(4-8-16)10-12-20/h1-8,11-12H,9-10H2. The Kier molecular flexibility index (Phi) is 4.89. The van der Waals surface area contributed by atoms with Crippen molar-refractivity contribution in [2.45, 2.75) is 12.8 Å². The minimum Gasteiger partial charge on any atom is -0.303 e. The molecular weight excluding hydrogens is 252 g/mol. The topological polar surface area (TPSA) is 58.9 Å². The smallest absolute Gasteiger partial charge is 0.124 e. The summed E-state index contributed by atoms with van der Waals surface area (Å²) >= 11 is 0. The zero-order valence-electron chi connectivity index (χ0n) is 10.9. The molecule has 0 spiro atoms. The second-order valence-electron chi connectivity index (χ2n) is 4.27. The van der Waals surface area contributed by atoms with Crippen LogP contribution in [0.5, 0.6) is 0 Å². The fourth-order valence-electron chi connectivity index (χ4n) is 1.71. The lowest BCUT2D eigenvalue weighted by Crippen LogP contribution is -1.83. The van der Waals surface area contributed by atoms with Gasteiger partial charge in [0, 0.05) is 12.8 Å². The van der Waals surface area contributed by atoms with E-state index in [1.165, 1.54) is 0 Å². The van der Waals surface area contributed by atoms with Gasteiger partial charge in [-0.2, -0.15) is 10.2 Å². The van der Waals surface area contributed by atoms with Crippen LogP contribution >= 0.6 is 0 Å². The Labute approximate surface area is 117 Å². The minimum absolute atomic E-state index is 0.412. The number of azo groups is 1. The maximum absolute atomic E-state index is 10.4. The van der Waals surface area contributed by atoms with Crippen molar-refractivity contribution in [3.05, 3.63) is 59.7 Å². The summed E-state index contributed by atoms with van der Waals surface area (Å²) < 4.78 is 0. The Bertz CT molecular complexity index is 546. The highest BCUT2D eigenvalue weighted by molar-refractivity contribution is 5.56. The third kappa shape index (κ3) is 3.95. The zero-order chi connectivity index (χ0) is 14.2. The first-order valence-corrected chi connectivity index (χ1v) is 6.28. The molecule has 0 fully saturated rings. The molecule has 0 bridgehead atoms. The third-order valence-electron chi connectivity index (χ3n) is 2.79. The molecule has 0 unspecified atom stereocenters. The van der Waals surface area contributed by atoms with Crippen molar-refractivity contribution in [1.29, 1.82) is 0 Å². The largest absolute Gasteiger partial charge is 0.303 e. The average Bonchev–Trinajstić information content (AvgIpc) is 2.49. The quantitative estimate of drug-likeness (QED) is 0.592. The molecule has 100 valence electrons. The molecule has 4 nitrogen and oxygen atoms in total. The van der Waals surface area contributed by atoms with Crippen molar-refractivity contribution in [2.24, 2.45) is 10.2 Å². The van der Waals surface area contributed by atoms with Crippen molar-refractivity contribution in [3.8, 4) is 0 Å².